The third kappa shape index (κ3) is 1.52. The lowest BCUT2D eigenvalue weighted by Crippen LogP contribution is -2.36. The first-order valence-corrected chi connectivity index (χ1v) is 4.97. The first-order valence-electron chi connectivity index (χ1n) is 4.97. The van der Waals surface area contributed by atoms with Crippen LogP contribution in [0.1, 0.15) is 30.1 Å². The van der Waals surface area contributed by atoms with E-state index in [2.05, 4.69) is 6.92 Å². The second kappa shape index (κ2) is 3.12. The molecule has 0 aromatic heterocycles. The van der Waals surface area contributed by atoms with Crippen molar-refractivity contribution in [2.45, 2.75) is 25.3 Å². The molecule has 1 aromatic carbocycles. The number of hydrogen-bond acceptors (Lipinski definition) is 1. The van der Waals surface area contributed by atoms with Gasteiger partial charge in [-0.25, -0.2) is 0 Å². The highest BCUT2D eigenvalue weighted by Gasteiger charge is 2.43. The number of amides is 1. The molecule has 2 heteroatoms. The molecule has 0 N–H and O–H groups in total. The number of nitrogens with zero attached hydrogens (tertiary/aromatic N) is 1. The van der Waals surface area contributed by atoms with Gasteiger partial charge in [0, 0.05) is 18.2 Å². The van der Waals surface area contributed by atoms with Crippen LogP contribution in [0.3, 0.4) is 0 Å². The summed E-state index contributed by atoms with van der Waals surface area (Å²) in [5.74, 6) is 0.130. The molecule has 1 amide bonds. The van der Waals surface area contributed by atoms with Crippen molar-refractivity contribution in [1.82, 2.24) is 4.90 Å². The van der Waals surface area contributed by atoms with Crippen LogP contribution in [0.4, 0.5) is 0 Å². The minimum atomic E-state index is 0.118. The molecule has 1 aliphatic carbocycles. The minimum Gasteiger partial charge on any atom is -0.336 e. The molecular formula is C12H15NO. The Hall–Kier alpha value is -1.31. The van der Waals surface area contributed by atoms with E-state index in [-0.39, 0.29) is 11.4 Å². The Morgan fingerprint density at radius 2 is 1.86 bits per heavy atom. The van der Waals surface area contributed by atoms with Crippen LogP contribution in [0.2, 0.25) is 0 Å². The molecule has 2 nitrogen and oxygen atoms in total. The van der Waals surface area contributed by atoms with E-state index in [9.17, 15) is 4.79 Å². The van der Waals surface area contributed by atoms with Gasteiger partial charge in [0.25, 0.3) is 5.91 Å². The van der Waals surface area contributed by atoms with Crippen molar-refractivity contribution in [3.8, 4) is 0 Å². The molecule has 14 heavy (non-hydrogen) atoms. The van der Waals surface area contributed by atoms with Gasteiger partial charge in [0.15, 0.2) is 0 Å². The summed E-state index contributed by atoms with van der Waals surface area (Å²) < 4.78 is 0. The zero-order valence-electron chi connectivity index (χ0n) is 8.66. The number of carbonyl (C=O) groups is 1. The van der Waals surface area contributed by atoms with E-state index >= 15 is 0 Å². The van der Waals surface area contributed by atoms with Crippen LogP contribution in [0.25, 0.3) is 0 Å². The highest BCUT2D eigenvalue weighted by atomic mass is 16.2. The zero-order chi connectivity index (χ0) is 10.2. The van der Waals surface area contributed by atoms with Gasteiger partial charge in [0.05, 0.1) is 0 Å². The fourth-order valence-corrected chi connectivity index (χ4v) is 1.54. The molecule has 0 radical (unpaired) electrons. The quantitative estimate of drug-likeness (QED) is 0.699. The largest absolute Gasteiger partial charge is 0.336 e. The summed E-state index contributed by atoms with van der Waals surface area (Å²) in [5.41, 5.74) is 0.899. The lowest BCUT2D eigenvalue weighted by molar-refractivity contribution is 0.0724. The maximum absolute atomic E-state index is 12.0. The van der Waals surface area contributed by atoms with Crippen molar-refractivity contribution in [2.75, 3.05) is 7.05 Å². The Balaban J connectivity index is 2.16. The van der Waals surface area contributed by atoms with E-state index in [1.807, 2.05) is 42.3 Å². The molecular weight excluding hydrogens is 174 g/mol. The third-order valence-corrected chi connectivity index (χ3v) is 3.11. The normalized spacial score (nSPS) is 17.6. The number of hydrogen-bond donors (Lipinski definition) is 0. The maximum Gasteiger partial charge on any atom is 0.254 e. The highest BCUT2D eigenvalue weighted by Crippen LogP contribution is 2.40. The number of rotatable bonds is 2. The van der Waals surface area contributed by atoms with Crippen LogP contribution in [0.15, 0.2) is 30.3 Å². The SMILES string of the molecule is CN(C(=O)c1ccccc1)C1(C)CC1. The van der Waals surface area contributed by atoms with Crippen molar-refractivity contribution >= 4 is 5.91 Å². The molecule has 0 saturated heterocycles. The summed E-state index contributed by atoms with van der Waals surface area (Å²) in [5, 5.41) is 0. The van der Waals surface area contributed by atoms with Crippen molar-refractivity contribution in [1.29, 1.82) is 0 Å². The monoisotopic (exact) mass is 189 g/mol. The van der Waals surface area contributed by atoms with E-state index in [4.69, 9.17) is 0 Å². The fraction of sp³-hybridized carbons (Fsp3) is 0.417. The topological polar surface area (TPSA) is 20.3 Å². The highest BCUT2D eigenvalue weighted by molar-refractivity contribution is 5.94. The van der Waals surface area contributed by atoms with Crippen LogP contribution in [0, 0.1) is 0 Å². The second-order valence-electron chi connectivity index (χ2n) is 4.23. The van der Waals surface area contributed by atoms with Gasteiger partial charge in [-0.05, 0) is 31.9 Å². The van der Waals surface area contributed by atoms with Crippen molar-refractivity contribution in [2.24, 2.45) is 0 Å². The van der Waals surface area contributed by atoms with E-state index < -0.39 is 0 Å². The van der Waals surface area contributed by atoms with Crippen LogP contribution in [0.5, 0.6) is 0 Å². The summed E-state index contributed by atoms with van der Waals surface area (Å²) >= 11 is 0. The molecule has 74 valence electrons. The van der Waals surface area contributed by atoms with Gasteiger partial charge < -0.3 is 4.90 Å². The fourth-order valence-electron chi connectivity index (χ4n) is 1.54. The van der Waals surface area contributed by atoms with Crippen molar-refractivity contribution in [3.63, 3.8) is 0 Å². The summed E-state index contributed by atoms with van der Waals surface area (Å²) in [6.07, 6.45) is 2.25. The average molecular weight is 189 g/mol. The first-order chi connectivity index (χ1) is 6.63. The van der Waals surface area contributed by atoms with Crippen molar-refractivity contribution < 1.29 is 4.79 Å². The molecule has 1 fully saturated rings. The summed E-state index contributed by atoms with van der Waals surface area (Å²) in [7, 11) is 1.89. The predicted octanol–water partition coefficient (Wildman–Crippen LogP) is 2.31. The Kier molecular flexibility index (Phi) is 2.06. The Labute approximate surface area is 84.5 Å². The number of benzene rings is 1. The second-order valence-corrected chi connectivity index (χ2v) is 4.23. The summed E-state index contributed by atoms with van der Waals surface area (Å²) in [6.45, 7) is 2.13. The molecule has 0 bridgehead atoms. The lowest BCUT2D eigenvalue weighted by Gasteiger charge is -2.24. The van der Waals surface area contributed by atoms with Crippen LogP contribution in [-0.4, -0.2) is 23.4 Å². The lowest BCUT2D eigenvalue weighted by atomic mass is 10.1. The van der Waals surface area contributed by atoms with Crippen LogP contribution in [-0.2, 0) is 0 Å². The molecule has 1 aromatic rings. The van der Waals surface area contributed by atoms with Crippen molar-refractivity contribution in [3.05, 3.63) is 35.9 Å². The molecule has 0 spiro atoms. The van der Waals surface area contributed by atoms with Gasteiger partial charge in [0.1, 0.15) is 0 Å². The van der Waals surface area contributed by atoms with Gasteiger partial charge in [-0.3, -0.25) is 4.79 Å². The van der Waals surface area contributed by atoms with E-state index in [0.717, 1.165) is 18.4 Å². The summed E-state index contributed by atoms with van der Waals surface area (Å²) in [6, 6.07) is 9.46. The van der Waals surface area contributed by atoms with Gasteiger partial charge in [-0.15, -0.1) is 0 Å². The Morgan fingerprint density at radius 3 is 2.36 bits per heavy atom. The average Bonchev–Trinajstić information content (AvgIpc) is 2.97. The third-order valence-electron chi connectivity index (χ3n) is 3.11. The van der Waals surface area contributed by atoms with Gasteiger partial charge in [-0.1, -0.05) is 18.2 Å². The molecule has 1 saturated carbocycles. The van der Waals surface area contributed by atoms with Crippen LogP contribution >= 0.6 is 0 Å². The molecule has 0 aliphatic heterocycles. The predicted molar refractivity (Wildman–Crippen MR) is 56.2 cm³/mol. The molecule has 0 heterocycles. The Morgan fingerprint density at radius 1 is 1.29 bits per heavy atom. The summed E-state index contributed by atoms with van der Waals surface area (Å²) in [4.78, 5) is 13.8. The Bertz CT molecular complexity index is 341. The van der Waals surface area contributed by atoms with Gasteiger partial charge >= 0.3 is 0 Å². The van der Waals surface area contributed by atoms with E-state index in [1.165, 1.54) is 0 Å². The molecule has 0 atom stereocenters. The van der Waals surface area contributed by atoms with Crippen LogP contribution < -0.4 is 0 Å². The van der Waals surface area contributed by atoms with E-state index in [0.29, 0.717) is 0 Å². The minimum absolute atomic E-state index is 0.118. The van der Waals surface area contributed by atoms with E-state index in [1.54, 1.807) is 0 Å². The molecule has 1 aliphatic rings. The number of carbonyl (C=O) groups excluding carboxylic acids is 1. The van der Waals surface area contributed by atoms with Gasteiger partial charge in [-0.2, -0.15) is 0 Å². The molecule has 0 unspecified atom stereocenters. The first kappa shape index (κ1) is 9.25. The van der Waals surface area contributed by atoms with Gasteiger partial charge in [0.2, 0.25) is 0 Å². The maximum atomic E-state index is 12.0. The zero-order valence-corrected chi connectivity index (χ0v) is 8.66. The smallest absolute Gasteiger partial charge is 0.254 e. The molecule has 2 rings (SSSR count). The standard InChI is InChI=1S/C12H15NO/c1-12(8-9-12)13(2)11(14)10-6-4-3-5-7-10/h3-7H,8-9H2,1-2H3.